The van der Waals surface area contributed by atoms with Crippen molar-refractivity contribution in [2.75, 3.05) is 18.5 Å². The summed E-state index contributed by atoms with van der Waals surface area (Å²) in [4.78, 5) is 24.5. The molecule has 0 aliphatic carbocycles. The number of benzene rings is 2. The Morgan fingerprint density at radius 3 is 2.54 bits per heavy atom. The van der Waals surface area contributed by atoms with Crippen molar-refractivity contribution < 1.29 is 14.3 Å². The van der Waals surface area contributed by atoms with Crippen LogP contribution >= 0.6 is 0 Å². The molecular weight excluding hydrogens is 304 g/mol. The van der Waals surface area contributed by atoms with E-state index in [1.54, 1.807) is 42.5 Å². The molecule has 0 atom stereocenters. The molecule has 0 bridgehead atoms. The smallest absolute Gasteiger partial charge is 0.259 e. The van der Waals surface area contributed by atoms with E-state index in [-0.39, 0.29) is 11.8 Å². The molecule has 2 rings (SSSR count). The molecule has 2 aromatic rings. The molecule has 0 fully saturated rings. The average molecular weight is 326 g/mol. The molecule has 0 radical (unpaired) electrons. The molecule has 0 heterocycles. The van der Waals surface area contributed by atoms with Crippen molar-refractivity contribution in [2.24, 2.45) is 0 Å². The van der Waals surface area contributed by atoms with Crippen molar-refractivity contribution in [3.05, 3.63) is 59.7 Å². The number of carbonyl (C=O) groups excluding carboxylic acids is 2. The number of hydrogen-bond donors (Lipinski definition) is 2. The van der Waals surface area contributed by atoms with Crippen LogP contribution in [0.2, 0.25) is 0 Å². The quantitative estimate of drug-likeness (QED) is 0.818. The number of anilines is 1. The maximum Gasteiger partial charge on any atom is 0.259 e. The molecule has 2 N–H and O–H groups in total. The fourth-order valence-corrected chi connectivity index (χ4v) is 2.21. The van der Waals surface area contributed by atoms with Gasteiger partial charge in [0.15, 0.2) is 0 Å². The largest absolute Gasteiger partial charge is 0.493 e. The molecule has 2 amide bonds. The number of ether oxygens (including phenoxy) is 1. The highest BCUT2D eigenvalue weighted by Gasteiger charge is 2.13. The Morgan fingerprint density at radius 1 is 1.00 bits per heavy atom. The highest BCUT2D eigenvalue weighted by atomic mass is 16.5. The van der Waals surface area contributed by atoms with Crippen molar-refractivity contribution in [3.63, 3.8) is 0 Å². The summed E-state index contributed by atoms with van der Waals surface area (Å²) in [6.07, 6.45) is 0.871. The normalized spacial score (nSPS) is 10.1. The summed E-state index contributed by atoms with van der Waals surface area (Å²) in [5, 5.41) is 5.62. The van der Waals surface area contributed by atoms with Gasteiger partial charge in [-0.3, -0.25) is 9.59 Å². The first kappa shape index (κ1) is 17.5. The topological polar surface area (TPSA) is 67.4 Å². The number of rotatable bonds is 7. The minimum Gasteiger partial charge on any atom is -0.493 e. The fraction of sp³-hybridized carbons (Fsp3) is 0.263. The lowest BCUT2D eigenvalue weighted by molar-refractivity contribution is 0.0952. The average Bonchev–Trinajstić information content (AvgIpc) is 2.60. The Kier molecular flexibility index (Phi) is 6.37. The van der Waals surface area contributed by atoms with Crippen LogP contribution in [0, 0.1) is 0 Å². The zero-order valence-corrected chi connectivity index (χ0v) is 14.0. The molecule has 5 heteroatoms. The Balaban J connectivity index is 2.14. The molecular formula is C19H22N2O3. The SMILES string of the molecule is CCCNC(=O)c1cccc(NC(=O)c2ccccc2OCC)c1. The molecule has 2 aromatic carbocycles. The van der Waals surface area contributed by atoms with Crippen LogP contribution in [0.25, 0.3) is 0 Å². The van der Waals surface area contributed by atoms with Crippen LogP contribution in [0.15, 0.2) is 48.5 Å². The Bertz CT molecular complexity index is 713. The fourth-order valence-electron chi connectivity index (χ4n) is 2.21. The summed E-state index contributed by atoms with van der Waals surface area (Å²) < 4.78 is 5.48. The maximum atomic E-state index is 12.5. The van der Waals surface area contributed by atoms with Gasteiger partial charge < -0.3 is 15.4 Å². The predicted octanol–water partition coefficient (Wildman–Crippen LogP) is 3.48. The van der Waals surface area contributed by atoms with E-state index in [0.717, 1.165) is 6.42 Å². The Hall–Kier alpha value is -2.82. The van der Waals surface area contributed by atoms with Crippen molar-refractivity contribution in [1.29, 1.82) is 0 Å². The van der Waals surface area contributed by atoms with Gasteiger partial charge in [-0.15, -0.1) is 0 Å². The van der Waals surface area contributed by atoms with Gasteiger partial charge in [0.2, 0.25) is 0 Å². The van der Waals surface area contributed by atoms with E-state index < -0.39 is 0 Å². The van der Waals surface area contributed by atoms with E-state index >= 15 is 0 Å². The molecule has 0 saturated carbocycles. The second-order valence-corrected chi connectivity index (χ2v) is 5.22. The molecule has 0 spiro atoms. The molecule has 0 aliphatic heterocycles. The van der Waals surface area contributed by atoms with E-state index in [2.05, 4.69) is 10.6 Å². The minimum absolute atomic E-state index is 0.150. The Labute approximate surface area is 142 Å². The van der Waals surface area contributed by atoms with Gasteiger partial charge in [0.1, 0.15) is 5.75 Å². The minimum atomic E-state index is -0.273. The van der Waals surface area contributed by atoms with E-state index in [9.17, 15) is 9.59 Å². The monoisotopic (exact) mass is 326 g/mol. The van der Waals surface area contributed by atoms with Crippen LogP contribution in [-0.2, 0) is 0 Å². The van der Waals surface area contributed by atoms with Gasteiger partial charge in [-0.1, -0.05) is 25.1 Å². The van der Waals surface area contributed by atoms with Crippen LogP contribution < -0.4 is 15.4 Å². The van der Waals surface area contributed by atoms with Crippen LogP contribution in [-0.4, -0.2) is 25.0 Å². The predicted molar refractivity (Wildman–Crippen MR) is 94.6 cm³/mol. The van der Waals surface area contributed by atoms with Crippen LogP contribution in [0.5, 0.6) is 5.75 Å². The molecule has 0 saturated heterocycles. The third-order valence-electron chi connectivity index (χ3n) is 3.35. The highest BCUT2D eigenvalue weighted by Crippen LogP contribution is 2.20. The zero-order valence-electron chi connectivity index (χ0n) is 14.0. The third-order valence-corrected chi connectivity index (χ3v) is 3.35. The highest BCUT2D eigenvalue weighted by molar-refractivity contribution is 6.06. The number of nitrogens with one attached hydrogen (secondary N) is 2. The number of amides is 2. The van der Waals surface area contributed by atoms with Gasteiger partial charge in [-0.05, 0) is 43.7 Å². The first-order chi connectivity index (χ1) is 11.7. The Morgan fingerprint density at radius 2 is 1.79 bits per heavy atom. The van der Waals surface area contributed by atoms with Crippen LogP contribution in [0.1, 0.15) is 41.0 Å². The molecule has 0 aromatic heterocycles. The lowest BCUT2D eigenvalue weighted by Crippen LogP contribution is -2.24. The van der Waals surface area contributed by atoms with Crippen molar-refractivity contribution in [3.8, 4) is 5.75 Å². The lowest BCUT2D eigenvalue weighted by Gasteiger charge is -2.11. The van der Waals surface area contributed by atoms with Gasteiger partial charge in [-0.25, -0.2) is 0 Å². The standard InChI is InChI=1S/C19H22N2O3/c1-3-12-20-18(22)14-8-7-9-15(13-14)21-19(23)16-10-5-6-11-17(16)24-4-2/h5-11,13H,3-4,12H2,1-2H3,(H,20,22)(H,21,23). The van der Waals surface area contributed by atoms with E-state index in [1.807, 2.05) is 19.9 Å². The zero-order chi connectivity index (χ0) is 17.4. The lowest BCUT2D eigenvalue weighted by atomic mass is 10.1. The summed E-state index contributed by atoms with van der Waals surface area (Å²) in [5.74, 6) is 0.113. The number of hydrogen-bond acceptors (Lipinski definition) is 3. The molecule has 126 valence electrons. The summed E-state index contributed by atoms with van der Waals surface area (Å²) in [7, 11) is 0. The second kappa shape index (κ2) is 8.72. The summed E-state index contributed by atoms with van der Waals surface area (Å²) in [5.41, 5.74) is 1.54. The van der Waals surface area contributed by atoms with Gasteiger partial charge in [0.05, 0.1) is 12.2 Å². The van der Waals surface area contributed by atoms with Crippen molar-refractivity contribution >= 4 is 17.5 Å². The summed E-state index contributed by atoms with van der Waals surface area (Å²) >= 11 is 0. The van der Waals surface area contributed by atoms with Gasteiger partial charge in [0, 0.05) is 17.8 Å². The van der Waals surface area contributed by atoms with Gasteiger partial charge in [-0.2, -0.15) is 0 Å². The third kappa shape index (κ3) is 4.59. The second-order valence-electron chi connectivity index (χ2n) is 5.22. The molecule has 5 nitrogen and oxygen atoms in total. The number of para-hydroxylation sites is 1. The first-order valence-corrected chi connectivity index (χ1v) is 8.07. The van der Waals surface area contributed by atoms with E-state index in [1.165, 1.54) is 0 Å². The van der Waals surface area contributed by atoms with Gasteiger partial charge in [0.25, 0.3) is 11.8 Å². The van der Waals surface area contributed by atoms with E-state index in [4.69, 9.17) is 4.74 Å². The van der Waals surface area contributed by atoms with E-state index in [0.29, 0.717) is 35.7 Å². The molecule has 0 unspecified atom stereocenters. The number of carbonyl (C=O) groups is 2. The van der Waals surface area contributed by atoms with Gasteiger partial charge >= 0.3 is 0 Å². The molecule has 24 heavy (non-hydrogen) atoms. The van der Waals surface area contributed by atoms with Crippen LogP contribution in [0.3, 0.4) is 0 Å². The molecule has 0 aliphatic rings. The van der Waals surface area contributed by atoms with Crippen molar-refractivity contribution in [1.82, 2.24) is 5.32 Å². The van der Waals surface area contributed by atoms with Crippen LogP contribution in [0.4, 0.5) is 5.69 Å². The first-order valence-electron chi connectivity index (χ1n) is 8.07. The summed E-state index contributed by atoms with van der Waals surface area (Å²) in [6, 6.07) is 13.9. The van der Waals surface area contributed by atoms with Crippen molar-refractivity contribution in [2.45, 2.75) is 20.3 Å². The maximum absolute atomic E-state index is 12.5. The summed E-state index contributed by atoms with van der Waals surface area (Å²) in [6.45, 7) is 4.97.